The third kappa shape index (κ3) is 17.8. The lowest BCUT2D eigenvalue weighted by atomic mass is 9.96. The third-order valence-corrected chi connectivity index (χ3v) is 16.0. The van der Waals surface area contributed by atoms with Gasteiger partial charge >= 0.3 is 27.1 Å². The molecule has 0 radical (unpaired) electrons. The molecule has 12 heteroatoms. The Bertz CT molecular complexity index is 2430. The van der Waals surface area contributed by atoms with Crippen LogP contribution < -0.4 is 20.1 Å². The Kier molecular flexibility index (Phi) is 24.7. The Morgan fingerprint density at radius 3 is 1.01 bits per heavy atom. The fraction of sp³-hybridized carbons (Fsp3) is 0.533. The van der Waals surface area contributed by atoms with Gasteiger partial charge in [0.1, 0.15) is 11.5 Å². The number of unbranched alkanes of at least 4 members (excludes halogenated alkanes) is 20. The standard InChI is InChI=1S/C60H84O10P2/c1-5-9-13-17-21-25-31-45-37-39-49-53(41-45)57(47(43-55(49)71(63,64)65)33-27-23-19-15-11-7-3)69-59(61)51-35-29-30-36-52(51)60(62)70-58-48(34-28-24-20-16-12-8-4)44-56(72(66,67)68)50-40-38-46(42-54(50)58)32-26-22-18-14-10-6-2/h29-30,35-44H,5-28,31-34H2,1-4H3,(H2,63,64,65)(H2,66,67,68). The van der Waals surface area contributed by atoms with Crippen LogP contribution in [0.2, 0.25) is 0 Å². The van der Waals surface area contributed by atoms with Crippen molar-refractivity contribution in [1.82, 2.24) is 0 Å². The number of carbonyl (C=O) groups excluding carboxylic acids is 2. The molecular formula is C60H84O10P2. The zero-order chi connectivity index (χ0) is 51.9. The summed E-state index contributed by atoms with van der Waals surface area (Å²) >= 11 is 0. The quantitative estimate of drug-likeness (QED) is 0.0135. The van der Waals surface area contributed by atoms with Gasteiger partial charge < -0.3 is 29.0 Å². The van der Waals surface area contributed by atoms with Gasteiger partial charge in [-0.3, -0.25) is 9.13 Å². The molecule has 5 aromatic rings. The van der Waals surface area contributed by atoms with E-state index >= 15 is 0 Å². The highest BCUT2D eigenvalue weighted by Crippen LogP contribution is 2.44. The zero-order valence-electron chi connectivity index (χ0n) is 43.9. The Morgan fingerprint density at radius 2 is 0.694 bits per heavy atom. The van der Waals surface area contributed by atoms with Crippen LogP contribution in [-0.4, -0.2) is 31.5 Å². The molecule has 5 aromatic carbocycles. The Balaban J connectivity index is 1.56. The van der Waals surface area contributed by atoms with Crippen molar-refractivity contribution < 1.29 is 47.8 Å². The predicted molar refractivity (Wildman–Crippen MR) is 296 cm³/mol. The highest BCUT2D eigenvalue weighted by molar-refractivity contribution is 7.61. The Labute approximate surface area is 430 Å². The maximum Gasteiger partial charge on any atom is 0.356 e. The van der Waals surface area contributed by atoms with Crippen LogP contribution in [-0.2, 0) is 34.8 Å². The molecule has 0 aliphatic heterocycles. The number of carbonyl (C=O) groups is 2. The summed E-state index contributed by atoms with van der Waals surface area (Å²) in [4.78, 5) is 72.3. The molecule has 0 unspecified atom stereocenters. The molecule has 0 saturated heterocycles. The van der Waals surface area contributed by atoms with Crippen molar-refractivity contribution in [3.63, 3.8) is 0 Å². The SMILES string of the molecule is CCCCCCCCc1ccc2c(P(=O)(O)O)cc(CCCCCCCC)c(OC(=O)c3ccccc3C(=O)Oc3c(CCCCCCCC)cc(P(=O)(O)O)c4ccc(CCCCCCCC)cc34)c2c1. The van der Waals surface area contributed by atoms with Crippen molar-refractivity contribution in [2.24, 2.45) is 0 Å². The molecule has 0 atom stereocenters. The van der Waals surface area contributed by atoms with Gasteiger partial charge in [-0.25, -0.2) is 9.59 Å². The van der Waals surface area contributed by atoms with Gasteiger partial charge in [0.25, 0.3) is 0 Å². The fourth-order valence-corrected chi connectivity index (χ4v) is 11.6. The van der Waals surface area contributed by atoms with E-state index in [1.54, 1.807) is 24.3 Å². The third-order valence-electron chi connectivity index (χ3n) is 14.0. The van der Waals surface area contributed by atoms with Crippen LogP contribution in [0.3, 0.4) is 0 Å². The first kappa shape index (κ1) is 58.7. The molecule has 0 fully saturated rings. The second-order valence-corrected chi connectivity index (χ2v) is 23.2. The molecule has 0 amide bonds. The van der Waals surface area contributed by atoms with Crippen molar-refractivity contribution in [2.45, 2.75) is 207 Å². The lowest BCUT2D eigenvalue weighted by molar-refractivity contribution is 0.0693. The molecule has 0 heterocycles. The van der Waals surface area contributed by atoms with Gasteiger partial charge in [-0.05, 0) is 110 Å². The summed E-state index contributed by atoms with van der Waals surface area (Å²) in [5.74, 6) is -1.22. The summed E-state index contributed by atoms with van der Waals surface area (Å²) < 4.78 is 39.1. The first-order chi connectivity index (χ1) is 34.7. The zero-order valence-corrected chi connectivity index (χ0v) is 45.6. The minimum absolute atomic E-state index is 0.0548. The molecule has 0 aliphatic rings. The van der Waals surface area contributed by atoms with E-state index in [2.05, 4.69) is 27.7 Å². The molecule has 4 N–H and O–H groups in total. The van der Waals surface area contributed by atoms with Crippen LogP contribution in [0.4, 0.5) is 0 Å². The summed E-state index contributed by atoms with van der Waals surface area (Å²) in [6.07, 6.45) is 27.6. The highest BCUT2D eigenvalue weighted by atomic mass is 31.2. The van der Waals surface area contributed by atoms with Crippen LogP contribution >= 0.6 is 15.2 Å². The highest BCUT2D eigenvalue weighted by Gasteiger charge is 2.30. The Hall–Kier alpha value is -4.14. The number of esters is 2. The van der Waals surface area contributed by atoms with Crippen molar-refractivity contribution in [3.8, 4) is 11.5 Å². The number of aryl methyl sites for hydroxylation is 4. The smallest absolute Gasteiger partial charge is 0.356 e. The van der Waals surface area contributed by atoms with Gasteiger partial charge in [0.2, 0.25) is 0 Å². The van der Waals surface area contributed by atoms with E-state index in [1.165, 1.54) is 49.9 Å². The lowest BCUT2D eigenvalue weighted by Gasteiger charge is -2.20. The molecule has 10 nitrogen and oxygen atoms in total. The van der Waals surface area contributed by atoms with Crippen LogP contribution in [0.15, 0.2) is 72.8 Å². The van der Waals surface area contributed by atoms with Crippen LogP contribution in [0.25, 0.3) is 21.5 Å². The average Bonchev–Trinajstić information content (AvgIpc) is 3.35. The minimum Gasteiger partial charge on any atom is -0.422 e. The van der Waals surface area contributed by atoms with Crippen molar-refractivity contribution in [3.05, 3.63) is 106 Å². The van der Waals surface area contributed by atoms with Crippen molar-refractivity contribution in [1.29, 1.82) is 0 Å². The predicted octanol–water partition coefficient (Wildman–Crippen LogP) is 15.6. The molecule has 0 spiro atoms. The topological polar surface area (TPSA) is 168 Å². The second-order valence-electron chi connectivity index (χ2n) is 20.0. The van der Waals surface area contributed by atoms with Gasteiger partial charge in [-0.2, -0.15) is 0 Å². The van der Waals surface area contributed by atoms with Gasteiger partial charge in [-0.15, -0.1) is 0 Å². The molecule has 0 aliphatic carbocycles. The van der Waals surface area contributed by atoms with E-state index in [-0.39, 0.29) is 33.2 Å². The van der Waals surface area contributed by atoms with Gasteiger partial charge in [0, 0.05) is 21.5 Å². The van der Waals surface area contributed by atoms with Crippen LogP contribution in [0, 0.1) is 0 Å². The molecule has 0 bridgehead atoms. The molecule has 5 rings (SSSR count). The van der Waals surface area contributed by atoms with Crippen LogP contribution in [0.1, 0.15) is 225 Å². The molecule has 0 saturated carbocycles. The summed E-state index contributed by atoms with van der Waals surface area (Å²) in [6.45, 7) is 8.70. The number of benzene rings is 5. The van der Waals surface area contributed by atoms with E-state index in [0.717, 1.165) is 152 Å². The normalized spacial score (nSPS) is 12.0. The lowest BCUT2D eigenvalue weighted by Crippen LogP contribution is -2.20. The number of rotatable bonds is 34. The molecule has 0 aromatic heterocycles. The van der Waals surface area contributed by atoms with E-state index in [9.17, 15) is 38.3 Å². The molecule has 72 heavy (non-hydrogen) atoms. The van der Waals surface area contributed by atoms with E-state index < -0.39 is 27.1 Å². The summed E-state index contributed by atoms with van der Waals surface area (Å²) in [5.41, 5.74) is 2.85. The average molecular weight is 1030 g/mol. The van der Waals surface area contributed by atoms with E-state index in [1.807, 2.05) is 24.3 Å². The number of hydrogen-bond donors (Lipinski definition) is 4. The number of hydrogen-bond acceptors (Lipinski definition) is 6. The number of ether oxygens (including phenoxy) is 2. The van der Waals surface area contributed by atoms with Gasteiger partial charge in [0.05, 0.1) is 21.7 Å². The maximum absolute atomic E-state index is 14.7. The van der Waals surface area contributed by atoms with Gasteiger partial charge in [0.15, 0.2) is 0 Å². The maximum atomic E-state index is 14.7. The van der Waals surface area contributed by atoms with Crippen molar-refractivity contribution in [2.75, 3.05) is 0 Å². The first-order valence-electron chi connectivity index (χ1n) is 27.5. The Morgan fingerprint density at radius 1 is 0.389 bits per heavy atom. The van der Waals surface area contributed by atoms with Crippen molar-refractivity contribution >= 4 is 59.3 Å². The second kappa shape index (κ2) is 30.3. The summed E-state index contributed by atoms with van der Waals surface area (Å²) in [5, 5.41) is 1.24. The van der Waals surface area contributed by atoms with E-state index in [0.29, 0.717) is 45.5 Å². The summed E-state index contributed by atoms with van der Waals surface area (Å²) in [7, 11) is -9.54. The van der Waals surface area contributed by atoms with E-state index in [4.69, 9.17) is 9.47 Å². The summed E-state index contributed by atoms with van der Waals surface area (Å²) in [6, 6.07) is 20.3. The van der Waals surface area contributed by atoms with Gasteiger partial charge in [-0.1, -0.05) is 193 Å². The molecular weight excluding hydrogens is 943 g/mol. The largest absolute Gasteiger partial charge is 0.422 e. The minimum atomic E-state index is -4.77. The number of fused-ring (bicyclic) bond motifs is 2. The van der Waals surface area contributed by atoms with Crippen LogP contribution in [0.5, 0.6) is 11.5 Å². The first-order valence-corrected chi connectivity index (χ1v) is 30.8. The molecule has 394 valence electrons. The fourth-order valence-electron chi connectivity index (χ4n) is 9.92. The monoisotopic (exact) mass is 1030 g/mol.